The van der Waals surface area contributed by atoms with E-state index in [1.807, 2.05) is 24.3 Å². The number of hydrogen-bond acceptors (Lipinski definition) is 3. The van der Waals surface area contributed by atoms with Gasteiger partial charge < -0.3 is 15.2 Å². The van der Waals surface area contributed by atoms with Crippen LogP contribution in [-0.4, -0.2) is 30.8 Å². The Hall–Kier alpha value is -1.07. The predicted octanol–water partition coefficient (Wildman–Crippen LogP) is 2.28. The lowest BCUT2D eigenvalue weighted by molar-refractivity contribution is -0.148. The number of rotatable bonds is 5. The van der Waals surface area contributed by atoms with Gasteiger partial charge >= 0.3 is 5.97 Å². The zero-order chi connectivity index (χ0) is 13.0. The van der Waals surface area contributed by atoms with Crippen LogP contribution >= 0.6 is 15.9 Å². The number of carbonyl (C=O) groups is 1. The van der Waals surface area contributed by atoms with E-state index >= 15 is 0 Å². The molecule has 98 valence electrons. The molecule has 0 spiro atoms. The van der Waals surface area contributed by atoms with Crippen molar-refractivity contribution in [1.29, 1.82) is 0 Å². The van der Waals surface area contributed by atoms with Gasteiger partial charge in [0.15, 0.2) is 0 Å². The second kappa shape index (κ2) is 5.71. The first-order valence-electron chi connectivity index (χ1n) is 5.95. The van der Waals surface area contributed by atoms with Crippen LogP contribution in [0.2, 0.25) is 0 Å². The first kappa shape index (κ1) is 13.4. The van der Waals surface area contributed by atoms with Crippen molar-refractivity contribution in [3.05, 3.63) is 28.7 Å². The quantitative estimate of drug-likeness (QED) is 0.875. The maximum absolute atomic E-state index is 11.3. The van der Waals surface area contributed by atoms with E-state index in [2.05, 4.69) is 21.2 Å². The van der Waals surface area contributed by atoms with Crippen LogP contribution in [0.3, 0.4) is 0 Å². The molecular weight excluding hydrogens is 298 g/mol. The Morgan fingerprint density at radius 2 is 2.17 bits per heavy atom. The summed E-state index contributed by atoms with van der Waals surface area (Å²) in [6.45, 7) is 1.73. The first-order valence-corrected chi connectivity index (χ1v) is 6.74. The van der Waals surface area contributed by atoms with Crippen LogP contribution in [0.4, 0.5) is 0 Å². The molecule has 1 aliphatic rings. The Bertz CT molecular complexity index is 413. The SMILES string of the molecule is O=C(O)C1(CCOc2ccc(Br)cc2)CCNC1. The molecule has 1 aliphatic heterocycles. The Morgan fingerprint density at radius 3 is 2.72 bits per heavy atom. The third-order valence-corrected chi connectivity index (χ3v) is 3.89. The van der Waals surface area contributed by atoms with Crippen molar-refractivity contribution in [1.82, 2.24) is 5.32 Å². The van der Waals surface area contributed by atoms with Gasteiger partial charge in [0.05, 0.1) is 12.0 Å². The lowest BCUT2D eigenvalue weighted by Gasteiger charge is -2.22. The number of nitrogens with one attached hydrogen (secondary N) is 1. The number of aliphatic carboxylic acids is 1. The van der Waals surface area contributed by atoms with Crippen molar-refractivity contribution in [2.75, 3.05) is 19.7 Å². The van der Waals surface area contributed by atoms with E-state index in [1.165, 1.54) is 0 Å². The highest BCUT2D eigenvalue weighted by molar-refractivity contribution is 9.10. The summed E-state index contributed by atoms with van der Waals surface area (Å²) >= 11 is 3.35. The summed E-state index contributed by atoms with van der Waals surface area (Å²) in [7, 11) is 0. The highest BCUT2D eigenvalue weighted by atomic mass is 79.9. The number of benzene rings is 1. The van der Waals surface area contributed by atoms with E-state index in [9.17, 15) is 9.90 Å². The molecule has 4 nitrogen and oxygen atoms in total. The standard InChI is InChI=1S/C13H16BrNO3/c14-10-1-3-11(4-2-10)18-8-6-13(12(16)17)5-7-15-9-13/h1-4,15H,5-9H2,(H,16,17). The van der Waals surface area contributed by atoms with Crippen molar-refractivity contribution in [2.45, 2.75) is 12.8 Å². The van der Waals surface area contributed by atoms with E-state index in [4.69, 9.17) is 4.74 Å². The predicted molar refractivity (Wildman–Crippen MR) is 71.8 cm³/mol. The molecule has 1 aromatic carbocycles. The minimum absolute atomic E-state index is 0.426. The van der Waals surface area contributed by atoms with Crippen LogP contribution in [0.25, 0.3) is 0 Å². The summed E-state index contributed by atoms with van der Waals surface area (Å²) in [5.74, 6) is 0.0385. The van der Waals surface area contributed by atoms with Gasteiger partial charge in [-0.2, -0.15) is 0 Å². The van der Waals surface area contributed by atoms with Gasteiger partial charge in [-0.05, 0) is 43.7 Å². The molecule has 1 fully saturated rings. The number of carboxylic acids is 1. The summed E-state index contributed by atoms with van der Waals surface area (Å²) in [5, 5.41) is 12.4. The molecule has 5 heteroatoms. The Kier molecular flexibility index (Phi) is 4.24. The third kappa shape index (κ3) is 3.03. The van der Waals surface area contributed by atoms with E-state index in [-0.39, 0.29) is 0 Å². The summed E-state index contributed by atoms with van der Waals surface area (Å²) in [4.78, 5) is 11.3. The topological polar surface area (TPSA) is 58.6 Å². The normalized spacial score (nSPS) is 22.9. The average molecular weight is 314 g/mol. The molecule has 0 amide bonds. The first-order chi connectivity index (χ1) is 8.62. The second-order valence-electron chi connectivity index (χ2n) is 4.56. The summed E-state index contributed by atoms with van der Waals surface area (Å²) < 4.78 is 6.58. The lowest BCUT2D eigenvalue weighted by atomic mass is 9.84. The minimum atomic E-state index is -0.730. The minimum Gasteiger partial charge on any atom is -0.494 e. The van der Waals surface area contributed by atoms with Gasteiger partial charge in [0.25, 0.3) is 0 Å². The molecule has 0 radical (unpaired) electrons. The summed E-state index contributed by atoms with van der Waals surface area (Å²) in [5.41, 5.74) is -0.657. The molecule has 1 aromatic rings. The molecule has 0 aliphatic carbocycles. The largest absolute Gasteiger partial charge is 0.494 e. The Balaban J connectivity index is 1.87. The molecule has 1 saturated heterocycles. The monoisotopic (exact) mass is 313 g/mol. The number of hydrogen-bond donors (Lipinski definition) is 2. The van der Waals surface area contributed by atoms with Crippen LogP contribution in [0, 0.1) is 5.41 Å². The molecule has 0 aromatic heterocycles. The van der Waals surface area contributed by atoms with Crippen LogP contribution in [0.5, 0.6) is 5.75 Å². The number of ether oxygens (including phenoxy) is 1. The fraction of sp³-hybridized carbons (Fsp3) is 0.462. The fourth-order valence-electron chi connectivity index (χ4n) is 2.14. The van der Waals surface area contributed by atoms with Gasteiger partial charge in [-0.1, -0.05) is 15.9 Å². The highest BCUT2D eigenvalue weighted by Crippen LogP contribution is 2.30. The van der Waals surface area contributed by atoms with Gasteiger partial charge in [0.1, 0.15) is 5.75 Å². The maximum atomic E-state index is 11.3. The van der Waals surface area contributed by atoms with Crippen molar-refractivity contribution < 1.29 is 14.6 Å². The van der Waals surface area contributed by atoms with E-state index in [0.717, 1.165) is 16.8 Å². The number of halogens is 1. The second-order valence-corrected chi connectivity index (χ2v) is 5.48. The van der Waals surface area contributed by atoms with Crippen LogP contribution in [0.1, 0.15) is 12.8 Å². The van der Waals surface area contributed by atoms with Gasteiger partial charge in [0, 0.05) is 11.0 Å². The summed E-state index contributed by atoms with van der Waals surface area (Å²) in [6, 6.07) is 7.54. The van der Waals surface area contributed by atoms with Crippen molar-refractivity contribution in [3.8, 4) is 5.75 Å². The van der Waals surface area contributed by atoms with Gasteiger partial charge in [-0.15, -0.1) is 0 Å². The zero-order valence-electron chi connectivity index (χ0n) is 9.99. The average Bonchev–Trinajstić information content (AvgIpc) is 2.82. The van der Waals surface area contributed by atoms with Crippen molar-refractivity contribution >= 4 is 21.9 Å². The molecule has 0 bridgehead atoms. The molecular formula is C13H16BrNO3. The van der Waals surface area contributed by atoms with E-state index in [1.54, 1.807) is 0 Å². The fourth-order valence-corrected chi connectivity index (χ4v) is 2.41. The molecule has 2 rings (SSSR count). The molecule has 0 saturated carbocycles. The van der Waals surface area contributed by atoms with Gasteiger partial charge in [-0.3, -0.25) is 4.79 Å². The van der Waals surface area contributed by atoms with Crippen LogP contribution in [0.15, 0.2) is 28.7 Å². The molecule has 2 N–H and O–H groups in total. The zero-order valence-corrected chi connectivity index (χ0v) is 11.6. The van der Waals surface area contributed by atoms with Crippen LogP contribution < -0.4 is 10.1 Å². The molecule has 1 atom stereocenters. The van der Waals surface area contributed by atoms with Crippen molar-refractivity contribution in [3.63, 3.8) is 0 Å². The summed E-state index contributed by atoms with van der Waals surface area (Å²) in [6.07, 6.45) is 1.21. The van der Waals surface area contributed by atoms with Gasteiger partial charge in [-0.25, -0.2) is 0 Å². The third-order valence-electron chi connectivity index (χ3n) is 3.36. The van der Waals surface area contributed by atoms with Crippen LogP contribution in [-0.2, 0) is 4.79 Å². The van der Waals surface area contributed by atoms with E-state index < -0.39 is 11.4 Å². The maximum Gasteiger partial charge on any atom is 0.311 e. The van der Waals surface area contributed by atoms with Gasteiger partial charge in [0.2, 0.25) is 0 Å². The van der Waals surface area contributed by atoms with E-state index in [0.29, 0.717) is 26.0 Å². The smallest absolute Gasteiger partial charge is 0.311 e. The van der Waals surface area contributed by atoms with Crippen molar-refractivity contribution in [2.24, 2.45) is 5.41 Å². The highest BCUT2D eigenvalue weighted by Gasteiger charge is 2.41. The lowest BCUT2D eigenvalue weighted by Crippen LogP contribution is -2.34. The Morgan fingerprint density at radius 1 is 1.44 bits per heavy atom. The molecule has 18 heavy (non-hydrogen) atoms. The molecule has 1 unspecified atom stereocenters. The Labute approximate surface area is 114 Å². The number of carboxylic acid groups (broad SMARTS) is 1. The molecule has 1 heterocycles.